The molecule has 2 heterocycles. The van der Waals surface area contributed by atoms with Crippen molar-refractivity contribution >= 4 is 63.4 Å². The van der Waals surface area contributed by atoms with Crippen LogP contribution < -0.4 is 15.5 Å². The number of fused-ring (bicyclic) bond motifs is 1. The molecule has 0 bridgehead atoms. The SMILES string of the molecule is CCOC(=O)c1ccc(NC(=O)CC2S/C(=N/N=C3\C(=O)Nc4ccccc43)N(c3ccc(O)cc3)C2=O)cc1. The molecule has 0 saturated carbocycles. The number of anilines is 3. The van der Waals surface area contributed by atoms with Crippen LogP contribution in [-0.4, -0.2) is 51.5 Å². The summed E-state index contributed by atoms with van der Waals surface area (Å²) in [5.74, 6) is -1.68. The first-order valence-electron chi connectivity index (χ1n) is 12.3. The molecule has 3 aromatic carbocycles. The van der Waals surface area contributed by atoms with E-state index in [0.717, 1.165) is 11.8 Å². The lowest BCUT2D eigenvalue weighted by Gasteiger charge is -2.16. The molecule has 0 spiro atoms. The van der Waals surface area contributed by atoms with Gasteiger partial charge >= 0.3 is 5.97 Å². The standard InChI is InChI=1S/C28H23N5O6S/c1-2-39-27(38)16-7-9-17(10-8-16)29-23(35)15-22-26(37)33(18-11-13-19(34)14-12-18)28(40-22)32-31-24-20-5-3-4-6-21(20)30-25(24)36/h3-14,22,34H,2,15H2,1H3,(H,29,35)(H,30,31,36)/b32-28+. The Labute approximate surface area is 232 Å². The number of nitrogens with one attached hydrogen (secondary N) is 2. The van der Waals surface area contributed by atoms with Crippen molar-refractivity contribution < 1.29 is 29.0 Å². The summed E-state index contributed by atoms with van der Waals surface area (Å²) in [4.78, 5) is 51.9. The van der Waals surface area contributed by atoms with E-state index in [0.29, 0.717) is 28.2 Å². The number of phenolic OH excluding ortho intramolecular Hbond substituents is 1. The van der Waals surface area contributed by atoms with Gasteiger partial charge in [0.25, 0.3) is 5.91 Å². The molecule has 5 rings (SSSR count). The zero-order chi connectivity index (χ0) is 28.2. The van der Waals surface area contributed by atoms with Gasteiger partial charge in [0.2, 0.25) is 11.8 Å². The Morgan fingerprint density at radius 3 is 2.48 bits per heavy atom. The summed E-state index contributed by atoms with van der Waals surface area (Å²) in [5, 5.41) is 22.9. The minimum absolute atomic E-state index is 0.0194. The lowest BCUT2D eigenvalue weighted by Crippen LogP contribution is -2.33. The Hall–Kier alpha value is -4.97. The second-order valence-electron chi connectivity index (χ2n) is 8.68. The van der Waals surface area contributed by atoms with Gasteiger partial charge < -0.3 is 20.5 Å². The normalized spacial score (nSPS) is 18.1. The Morgan fingerprint density at radius 1 is 1.02 bits per heavy atom. The molecule has 0 aromatic heterocycles. The van der Waals surface area contributed by atoms with E-state index in [1.54, 1.807) is 55.5 Å². The number of rotatable bonds is 7. The van der Waals surface area contributed by atoms with Crippen molar-refractivity contribution in [2.75, 3.05) is 22.1 Å². The highest BCUT2D eigenvalue weighted by Crippen LogP contribution is 2.35. The number of thioether (sulfide) groups is 1. The number of nitrogens with zero attached hydrogens (tertiary/aromatic N) is 3. The fourth-order valence-corrected chi connectivity index (χ4v) is 5.17. The van der Waals surface area contributed by atoms with E-state index < -0.39 is 28.9 Å². The molecule has 1 fully saturated rings. The molecule has 1 unspecified atom stereocenters. The second kappa shape index (κ2) is 11.4. The van der Waals surface area contributed by atoms with Crippen molar-refractivity contribution in [2.45, 2.75) is 18.6 Å². The molecule has 3 amide bonds. The maximum Gasteiger partial charge on any atom is 0.338 e. The Balaban J connectivity index is 1.36. The highest BCUT2D eigenvalue weighted by molar-refractivity contribution is 8.16. The quantitative estimate of drug-likeness (QED) is 0.296. The van der Waals surface area contributed by atoms with Crippen molar-refractivity contribution in [1.29, 1.82) is 0 Å². The number of amidine groups is 1. The summed E-state index contributed by atoms with van der Waals surface area (Å²) in [6, 6.07) is 19.2. The number of amides is 3. The third kappa shape index (κ3) is 5.57. The molecule has 1 atom stereocenters. The van der Waals surface area contributed by atoms with Gasteiger partial charge in [-0.3, -0.25) is 19.3 Å². The number of benzene rings is 3. The van der Waals surface area contributed by atoms with Gasteiger partial charge in [0, 0.05) is 17.7 Å². The lowest BCUT2D eigenvalue weighted by molar-refractivity contribution is -0.121. The molecule has 202 valence electrons. The van der Waals surface area contributed by atoms with Crippen molar-refractivity contribution in [3.8, 4) is 5.75 Å². The number of phenols is 1. The van der Waals surface area contributed by atoms with Gasteiger partial charge in [0.1, 0.15) is 11.0 Å². The van der Waals surface area contributed by atoms with Crippen LogP contribution in [0.4, 0.5) is 17.1 Å². The van der Waals surface area contributed by atoms with Crippen molar-refractivity contribution in [2.24, 2.45) is 10.2 Å². The van der Waals surface area contributed by atoms with Crippen LogP contribution in [0, 0.1) is 0 Å². The highest BCUT2D eigenvalue weighted by Gasteiger charge is 2.40. The van der Waals surface area contributed by atoms with Gasteiger partial charge in [-0.05, 0) is 61.5 Å². The number of aromatic hydroxyl groups is 1. The molecule has 40 heavy (non-hydrogen) atoms. The van der Waals surface area contributed by atoms with Crippen molar-refractivity contribution in [3.05, 3.63) is 83.9 Å². The molecule has 0 aliphatic carbocycles. The average molecular weight is 558 g/mol. The Morgan fingerprint density at radius 2 is 1.75 bits per heavy atom. The van der Waals surface area contributed by atoms with Gasteiger partial charge in [0.05, 0.1) is 23.5 Å². The predicted octanol–water partition coefficient (Wildman–Crippen LogP) is 3.76. The average Bonchev–Trinajstić information content (AvgIpc) is 3.43. The molecule has 0 radical (unpaired) electrons. The molecule has 2 aliphatic rings. The topological polar surface area (TPSA) is 150 Å². The van der Waals surface area contributed by atoms with Gasteiger partial charge in [-0.1, -0.05) is 30.0 Å². The molecular formula is C28H23N5O6S. The monoisotopic (exact) mass is 557 g/mol. The molecule has 3 N–H and O–H groups in total. The van der Waals surface area contributed by atoms with Crippen molar-refractivity contribution in [3.63, 3.8) is 0 Å². The fourth-order valence-electron chi connectivity index (χ4n) is 4.08. The predicted molar refractivity (Wildman–Crippen MR) is 152 cm³/mol. The van der Waals surface area contributed by atoms with Crippen LogP contribution in [-0.2, 0) is 19.1 Å². The third-order valence-corrected chi connectivity index (χ3v) is 7.10. The number of esters is 1. The van der Waals surface area contributed by atoms with E-state index in [4.69, 9.17) is 4.74 Å². The number of hydrogen-bond acceptors (Lipinski definition) is 9. The van der Waals surface area contributed by atoms with E-state index in [1.807, 2.05) is 0 Å². The molecular weight excluding hydrogens is 534 g/mol. The van der Waals surface area contributed by atoms with Gasteiger partial charge in [-0.15, -0.1) is 10.2 Å². The van der Waals surface area contributed by atoms with Gasteiger partial charge in [-0.2, -0.15) is 0 Å². The second-order valence-corrected chi connectivity index (χ2v) is 9.85. The van der Waals surface area contributed by atoms with Crippen molar-refractivity contribution in [1.82, 2.24) is 0 Å². The Bertz CT molecular complexity index is 1550. The first-order valence-corrected chi connectivity index (χ1v) is 13.1. The van der Waals surface area contributed by atoms with E-state index in [-0.39, 0.29) is 29.7 Å². The first-order chi connectivity index (χ1) is 19.3. The van der Waals surface area contributed by atoms with E-state index in [9.17, 15) is 24.3 Å². The summed E-state index contributed by atoms with van der Waals surface area (Å²) < 4.78 is 4.96. The molecule has 1 saturated heterocycles. The summed E-state index contributed by atoms with van der Waals surface area (Å²) in [5.41, 5.74) is 2.54. The minimum atomic E-state index is -0.823. The van der Waals surface area contributed by atoms with Crippen LogP contribution in [0.1, 0.15) is 29.3 Å². The first kappa shape index (κ1) is 26.6. The highest BCUT2D eigenvalue weighted by atomic mass is 32.2. The van der Waals surface area contributed by atoms with Gasteiger partial charge in [0.15, 0.2) is 10.9 Å². The Kier molecular flexibility index (Phi) is 7.60. The maximum atomic E-state index is 13.4. The summed E-state index contributed by atoms with van der Waals surface area (Å²) in [7, 11) is 0. The third-order valence-electron chi connectivity index (χ3n) is 5.97. The number of ether oxygens (including phenoxy) is 1. The summed E-state index contributed by atoms with van der Waals surface area (Å²) in [6.45, 7) is 1.97. The smallest absolute Gasteiger partial charge is 0.338 e. The van der Waals surface area contributed by atoms with E-state index >= 15 is 0 Å². The molecule has 12 heteroatoms. The van der Waals surface area contributed by atoms with Crippen LogP contribution in [0.5, 0.6) is 5.75 Å². The van der Waals surface area contributed by atoms with Crippen LogP contribution in [0.15, 0.2) is 83.0 Å². The molecule has 11 nitrogen and oxygen atoms in total. The maximum absolute atomic E-state index is 13.4. The van der Waals surface area contributed by atoms with Crippen LogP contribution >= 0.6 is 11.8 Å². The zero-order valence-electron chi connectivity index (χ0n) is 21.2. The van der Waals surface area contributed by atoms with Crippen LogP contribution in [0.3, 0.4) is 0 Å². The summed E-state index contributed by atoms with van der Waals surface area (Å²) in [6.07, 6.45) is -0.170. The fraction of sp³-hybridized carbons (Fsp3) is 0.143. The largest absolute Gasteiger partial charge is 0.508 e. The van der Waals surface area contributed by atoms with E-state index in [1.165, 1.54) is 29.2 Å². The zero-order valence-corrected chi connectivity index (χ0v) is 22.0. The van der Waals surface area contributed by atoms with Crippen LogP contribution in [0.25, 0.3) is 0 Å². The van der Waals surface area contributed by atoms with Crippen LogP contribution in [0.2, 0.25) is 0 Å². The van der Waals surface area contributed by atoms with E-state index in [2.05, 4.69) is 20.8 Å². The minimum Gasteiger partial charge on any atom is -0.508 e. The lowest BCUT2D eigenvalue weighted by atomic mass is 10.1. The number of carbonyl (C=O) groups is 4. The van der Waals surface area contributed by atoms with Gasteiger partial charge in [-0.25, -0.2) is 4.79 Å². The number of hydrogen-bond donors (Lipinski definition) is 3. The summed E-state index contributed by atoms with van der Waals surface area (Å²) >= 11 is 1.05. The number of para-hydroxylation sites is 1. The molecule has 3 aromatic rings. The number of carbonyl (C=O) groups excluding carboxylic acids is 4. The molecule has 2 aliphatic heterocycles.